The molecule has 11 nitrogen and oxygen atoms in total. The molecule has 0 spiro atoms. The Kier molecular flexibility index (Phi) is 15.8. The number of aliphatic hydroxyl groups excluding tert-OH is 2. The molecule has 4 N–H and O–H groups in total. The summed E-state index contributed by atoms with van der Waals surface area (Å²) in [4.78, 5) is 52.8. The van der Waals surface area contributed by atoms with Gasteiger partial charge in [0.25, 0.3) is 0 Å². The van der Waals surface area contributed by atoms with Crippen LogP contribution < -0.4 is 0 Å². The fourth-order valence-electron chi connectivity index (χ4n) is 4.00. The van der Waals surface area contributed by atoms with Gasteiger partial charge in [0.15, 0.2) is 6.10 Å². The first-order chi connectivity index (χ1) is 17.4. The third kappa shape index (κ3) is 15.2. The summed E-state index contributed by atoms with van der Waals surface area (Å²) >= 11 is 0. The molecule has 1 aliphatic rings. The lowest BCUT2D eigenvalue weighted by Gasteiger charge is -2.17. The molecular formula is C25H41O11P. The number of aliphatic hydroxyl groups is 2. The van der Waals surface area contributed by atoms with Crippen LogP contribution in [0.1, 0.15) is 71.6 Å². The van der Waals surface area contributed by atoms with Crippen molar-refractivity contribution in [3.05, 3.63) is 24.3 Å². The van der Waals surface area contributed by atoms with Gasteiger partial charge in [-0.05, 0) is 25.7 Å². The van der Waals surface area contributed by atoms with Gasteiger partial charge in [-0.3, -0.25) is 18.9 Å². The van der Waals surface area contributed by atoms with Crippen LogP contribution in [0.25, 0.3) is 0 Å². The number of rotatable bonds is 18. The molecule has 212 valence electrons. The first-order valence-electron chi connectivity index (χ1n) is 12.7. The largest absolute Gasteiger partial charge is 0.469 e. The van der Waals surface area contributed by atoms with Crippen molar-refractivity contribution in [3.63, 3.8) is 0 Å². The van der Waals surface area contributed by atoms with E-state index in [1.807, 2.05) is 12.2 Å². The van der Waals surface area contributed by atoms with Crippen LogP contribution in [0.15, 0.2) is 24.3 Å². The highest BCUT2D eigenvalue weighted by Gasteiger charge is 2.39. The van der Waals surface area contributed by atoms with Crippen molar-refractivity contribution in [1.29, 1.82) is 0 Å². The number of hydrogen-bond donors (Lipinski definition) is 4. The number of phosphoric ester groups is 1. The van der Waals surface area contributed by atoms with Crippen molar-refractivity contribution in [1.82, 2.24) is 0 Å². The molecule has 0 amide bonds. The van der Waals surface area contributed by atoms with E-state index in [-0.39, 0.29) is 24.5 Å². The lowest BCUT2D eigenvalue weighted by Crippen LogP contribution is -2.28. The summed E-state index contributed by atoms with van der Waals surface area (Å²) in [5.74, 6) is -2.02. The first kappa shape index (κ1) is 33.1. The smallest absolute Gasteiger partial charge is 0.462 e. The number of carbonyl (C=O) groups is 3. The highest BCUT2D eigenvalue weighted by Crippen LogP contribution is 2.36. The Balaban J connectivity index is 2.40. The summed E-state index contributed by atoms with van der Waals surface area (Å²) < 4.78 is 24.9. The van der Waals surface area contributed by atoms with E-state index in [1.165, 1.54) is 0 Å². The van der Waals surface area contributed by atoms with Crippen LogP contribution in [-0.4, -0.2) is 69.2 Å². The maximum atomic E-state index is 12.3. The summed E-state index contributed by atoms with van der Waals surface area (Å²) in [6, 6.07) is 0. The molecule has 37 heavy (non-hydrogen) atoms. The zero-order valence-corrected chi connectivity index (χ0v) is 22.5. The summed E-state index contributed by atoms with van der Waals surface area (Å²) in [5.41, 5.74) is 0. The molecule has 1 fully saturated rings. The maximum absolute atomic E-state index is 12.3. The Morgan fingerprint density at radius 2 is 1.89 bits per heavy atom. The summed E-state index contributed by atoms with van der Waals surface area (Å²) in [7, 11) is -4.76. The molecule has 5 atom stereocenters. The lowest BCUT2D eigenvalue weighted by molar-refractivity contribution is -0.159. The average molecular weight is 549 g/mol. The van der Waals surface area contributed by atoms with E-state index in [1.54, 1.807) is 12.2 Å². The Morgan fingerprint density at radius 3 is 2.54 bits per heavy atom. The molecule has 0 aliphatic heterocycles. The van der Waals surface area contributed by atoms with Gasteiger partial charge in [-0.2, -0.15) is 0 Å². The number of carbonyl (C=O) groups excluding carboxylic acids is 3. The van der Waals surface area contributed by atoms with Crippen molar-refractivity contribution < 1.29 is 52.9 Å². The zero-order chi connectivity index (χ0) is 27.8. The lowest BCUT2D eigenvalue weighted by atomic mass is 9.90. The van der Waals surface area contributed by atoms with E-state index >= 15 is 0 Å². The number of Topliss-reactive ketones (excluding diaryl/α,β-unsaturated/α-hetero) is 1. The van der Waals surface area contributed by atoms with Gasteiger partial charge in [-0.1, -0.05) is 50.5 Å². The van der Waals surface area contributed by atoms with Crippen LogP contribution in [0.5, 0.6) is 0 Å². The predicted octanol–water partition coefficient (Wildman–Crippen LogP) is 2.75. The minimum Gasteiger partial charge on any atom is -0.462 e. The number of ether oxygens (including phenoxy) is 2. The first-order valence-corrected chi connectivity index (χ1v) is 14.2. The third-order valence-electron chi connectivity index (χ3n) is 5.90. The van der Waals surface area contributed by atoms with E-state index in [2.05, 4.69) is 11.4 Å². The van der Waals surface area contributed by atoms with Crippen molar-refractivity contribution in [2.75, 3.05) is 13.2 Å². The highest BCUT2D eigenvalue weighted by atomic mass is 31.2. The second kappa shape index (κ2) is 17.6. The van der Waals surface area contributed by atoms with E-state index in [4.69, 9.17) is 19.3 Å². The monoisotopic (exact) mass is 548 g/mol. The molecule has 12 heteroatoms. The van der Waals surface area contributed by atoms with Gasteiger partial charge in [0.2, 0.25) is 0 Å². The van der Waals surface area contributed by atoms with Gasteiger partial charge in [0.05, 0.1) is 18.8 Å². The Hall–Kier alpha value is -1.88. The quantitative estimate of drug-likeness (QED) is 0.0857. The summed E-state index contributed by atoms with van der Waals surface area (Å²) in [6.07, 6.45) is 9.96. The molecule has 0 heterocycles. The number of ketones is 1. The van der Waals surface area contributed by atoms with Gasteiger partial charge in [-0.25, -0.2) is 4.57 Å². The van der Waals surface area contributed by atoms with E-state index < -0.39 is 57.2 Å². The molecule has 0 bridgehead atoms. The van der Waals surface area contributed by atoms with Crippen LogP contribution in [0, 0.1) is 11.8 Å². The van der Waals surface area contributed by atoms with Crippen LogP contribution >= 0.6 is 7.82 Å². The molecule has 1 saturated carbocycles. The minimum atomic E-state index is -4.76. The molecule has 0 aromatic heterocycles. The van der Waals surface area contributed by atoms with Gasteiger partial charge in [-0.15, -0.1) is 0 Å². The predicted molar refractivity (Wildman–Crippen MR) is 134 cm³/mol. The van der Waals surface area contributed by atoms with Crippen molar-refractivity contribution in [2.24, 2.45) is 11.8 Å². The number of unbranched alkanes of at least 4 members (excludes halogenated alkanes) is 3. The van der Waals surface area contributed by atoms with Crippen molar-refractivity contribution in [2.45, 2.75) is 89.9 Å². The van der Waals surface area contributed by atoms with Crippen molar-refractivity contribution >= 4 is 25.5 Å². The van der Waals surface area contributed by atoms with Crippen LogP contribution in [0.2, 0.25) is 0 Å². The molecule has 1 rings (SSSR count). The minimum absolute atomic E-state index is 0.0381. The van der Waals surface area contributed by atoms with Gasteiger partial charge >= 0.3 is 19.8 Å². The number of esters is 2. The molecule has 0 aromatic rings. The Morgan fingerprint density at radius 1 is 1.16 bits per heavy atom. The molecule has 0 saturated heterocycles. The molecule has 0 unspecified atom stereocenters. The number of allylic oxidation sites excluding steroid dienone is 3. The van der Waals surface area contributed by atoms with Crippen LogP contribution in [0.3, 0.4) is 0 Å². The molecule has 1 aliphatic carbocycles. The Bertz CT molecular complexity index is 819. The van der Waals surface area contributed by atoms with Crippen LogP contribution in [0.4, 0.5) is 0 Å². The fraction of sp³-hybridized carbons (Fsp3) is 0.720. The zero-order valence-electron chi connectivity index (χ0n) is 21.6. The highest BCUT2D eigenvalue weighted by molar-refractivity contribution is 7.46. The summed E-state index contributed by atoms with van der Waals surface area (Å²) in [6.45, 7) is 2.17. The van der Waals surface area contributed by atoms with E-state index in [0.29, 0.717) is 25.7 Å². The maximum Gasteiger partial charge on any atom is 0.469 e. The summed E-state index contributed by atoms with van der Waals surface area (Å²) in [5, 5.41) is 20.4. The third-order valence-corrected chi connectivity index (χ3v) is 6.39. The molecule has 0 radical (unpaired) electrons. The van der Waals surface area contributed by atoms with E-state index in [9.17, 15) is 29.2 Å². The Labute approximate surface area is 218 Å². The molecule has 0 aromatic carbocycles. The SMILES string of the molecule is CCCCC[C@H](O)/C=C/[C@H]1C(=O)C[C@H](O)[C@@H]1C/C=C\CCCC(=O)OC[C@H](COP(=O)(O)O)OC(C)=O. The standard InChI is InChI=1S/C25H41O11P/c1-3-4-7-10-19(27)13-14-22-21(23(28)15-24(22)29)11-8-5-6-9-12-25(30)34-16-20(36-18(2)26)17-35-37(31,32)33/h5,8,13-14,19-23,27-28H,3-4,6-7,9-12,15-17H2,1-2H3,(H2,31,32,33)/b8-5-,14-13+/t19-,20+,21+,22+,23-/m0/s1. The van der Waals surface area contributed by atoms with Crippen molar-refractivity contribution in [3.8, 4) is 0 Å². The van der Waals surface area contributed by atoms with Gasteiger partial charge < -0.3 is 29.5 Å². The number of hydrogen-bond acceptors (Lipinski definition) is 9. The second-order valence-electron chi connectivity index (χ2n) is 9.18. The average Bonchev–Trinajstić information content (AvgIpc) is 3.07. The van der Waals surface area contributed by atoms with Crippen LogP contribution in [-0.2, 0) is 32.9 Å². The molecular weight excluding hydrogens is 507 g/mol. The van der Waals surface area contributed by atoms with Gasteiger partial charge in [0, 0.05) is 31.6 Å². The number of phosphoric acid groups is 1. The fourth-order valence-corrected chi connectivity index (χ4v) is 4.36. The van der Waals surface area contributed by atoms with Gasteiger partial charge in [0.1, 0.15) is 12.4 Å². The normalized spacial score (nSPS) is 22.0. The topological polar surface area (TPSA) is 177 Å². The van der Waals surface area contributed by atoms with E-state index in [0.717, 1.165) is 26.2 Å². The second-order valence-corrected chi connectivity index (χ2v) is 10.4.